The Kier molecular flexibility index (Phi) is 4.45. The first-order valence-corrected chi connectivity index (χ1v) is 7.39. The first-order valence-electron chi connectivity index (χ1n) is 7.39. The topological polar surface area (TPSA) is 12.0 Å². The molecular weight excluding hydrogens is 218 g/mol. The van der Waals surface area contributed by atoms with Crippen molar-refractivity contribution in [2.45, 2.75) is 59.0 Å². The van der Waals surface area contributed by atoms with E-state index in [9.17, 15) is 0 Å². The normalized spacial score (nSPS) is 24.9. The summed E-state index contributed by atoms with van der Waals surface area (Å²) in [5.74, 6) is 1.66. The summed E-state index contributed by atoms with van der Waals surface area (Å²) in [4.78, 5) is 0. The van der Waals surface area contributed by atoms with Crippen molar-refractivity contribution in [1.82, 2.24) is 5.32 Å². The van der Waals surface area contributed by atoms with E-state index in [1.807, 2.05) is 0 Å². The van der Waals surface area contributed by atoms with Crippen LogP contribution in [0.4, 0.5) is 0 Å². The summed E-state index contributed by atoms with van der Waals surface area (Å²) in [5.41, 5.74) is 2.88. The van der Waals surface area contributed by atoms with E-state index in [1.54, 1.807) is 0 Å². The SMILES string of the molecule is CC(C)Cc1ccc(C(C)NC2CC(C)C2)cc1. The molecule has 1 saturated carbocycles. The Bertz CT molecular complexity index is 360. The first-order chi connectivity index (χ1) is 8.54. The summed E-state index contributed by atoms with van der Waals surface area (Å²) < 4.78 is 0. The zero-order valence-electron chi connectivity index (χ0n) is 12.2. The molecule has 0 amide bonds. The van der Waals surface area contributed by atoms with Crippen LogP contribution in [0.1, 0.15) is 57.7 Å². The van der Waals surface area contributed by atoms with Gasteiger partial charge >= 0.3 is 0 Å². The highest BCUT2D eigenvalue weighted by Crippen LogP contribution is 2.28. The van der Waals surface area contributed by atoms with Crippen LogP contribution in [0, 0.1) is 11.8 Å². The molecule has 0 aromatic heterocycles. The van der Waals surface area contributed by atoms with Crippen LogP contribution in [0.2, 0.25) is 0 Å². The standard InChI is InChI=1S/C17H27N/c1-12(2)9-15-5-7-16(8-6-15)14(4)18-17-10-13(3)11-17/h5-8,12-14,17-18H,9-11H2,1-4H3. The second kappa shape index (κ2) is 5.88. The van der Waals surface area contributed by atoms with Gasteiger partial charge < -0.3 is 5.32 Å². The average Bonchev–Trinajstić information content (AvgIpc) is 2.27. The zero-order chi connectivity index (χ0) is 13.1. The summed E-state index contributed by atoms with van der Waals surface area (Å²) in [6.07, 6.45) is 3.87. The first kappa shape index (κ1) is 13.6. The molecule has 2 rings (SSSR count). The molecule has 1 N–H and O–H groups in total. The molecule has 0 aliphatic heterocycles. The predicted octanol–water partition coefficient (Wildman–Crippen LogP) is 4.33. The van der Waals surface area contributed by atoms with Gasteiger partial charge in [-0.1, -0.05) is 45.0 Å². The maximum atomic E-state index is 3.72. The molecular formula is C17H27N. The van der Waals surface area contributed by atoms with Gasteiger partial charge in [0.25, 0.3) is 0 Å². The van der Waals surface area contributed by atoms with E-state index in [0.717, 1.165) is 17.9 Å². The predicted molar refractivity (Wildman–Crippen MR) is 78.7 cm³/mol. The van der Waals surface area contributed by atoms with Gasteiger partial charge in [-0.05, 0) is 49.1 Å². The molecule has 100 valence electrons. The summed E-state index contributed by atoms with van der Waals surface area (Å²) >= 11 is 0. The highest BCUT2D eigenvalue weighted by molar-refractivity contribution is 5.25. The fraction of sp³-hybridized carbons (Fsp3) is 0.647. The second-order valence-electron chi connectivity index (χ2n) is 6.50. The lowest BCUT2D eigenvalue weighted by molar-refractivity contribution is 0.226. The van der Waals surface area contributed by atoms with Crippen molar-refractivity contribution in [2.75, 3.05) is 0 Å². The second-order valence-corrected chi connectivity index (χ2v) is 6.50. The van der Waals surface area contributed by atoms with E-state index in [1.165, 1.54) is 30.4 Å². The van der Waals surface area contributed by atoms with Gasteiger partial charge in [0.1, 0.15) is 0 Å². The molecule has 1 aromatic rings. The highest BCUT2D eigenvalue weighted by Gasteiger charge is 2.26. The van der Waals surface area contributed by atoms with Gasteiger partial charge in [0, 0.05) is 12.1 Å². The lowest BCUT2D eigenvalue weighted by Gasteiger charge is -2.35. The Morgan fingerprint density at radius 2 is 1.72 bits per heavy atom. The van der Waals surface area contributed by atoms with Crippen molar-refractivity contribution >= 4 is 0 Å². The summed E-state index contributed by atoms with van der Waals surface area (Å²) in [5, 5.41) is 3.72. The molecule has 1 heteroatoms. The monoisotopic (exact) mass is 245 g/mol. The zero-order valence-corrected chi connectivity index (χ0v) is 12.2. The lowest BCUT2D eigenvalue weighted by atomic mass is 9.81. The van der Waals surface area contributed by atoms with Gasteiger partial charge in [0.15, 0.2) is 0 Å². The average molecular weight is 245 g/mol. The van der Waals surface area contributed by atoms with E-state index in [4.69, 9.17) is 0 Å². The van der Waals surface area contributed by atoms with Crippen LogP contribution in [-0.4, -0.2) is 6.04 Å². The molecule has 0 spiro atoms. The van der Waals surface area contributed by atoms with Crippen LogP contribution in [0.15, 0.2) is 24.3 Å². The van der Waals surface area contributed by atoms with Gasteiger partial charge in [0.2, 0.25) is 0 Å². The smallest absolute Gasteiger partial charge is 0.0294 e. The third-order valence-corrected chi connectivity index (χ3v) is 3.98. The largest absolute Gasteiger partial charge is 0.307 e. The maximum absolute atomic E-state index is 3.72. The molecule has 0 radical (unpaired) electrons. The van der Waals surface area contributed by atoms with Crippen molar-refractivity contribution < 1.29 is 0 Å². The van der Waals surface area contributed by atoms with Crippen molar-refractivity contribution in [2.24, 2.45) is 11.8 Å². The molecule has 0 bridgehead atoms. The number of nitrogens with one attached hydrogen (secondary N) is 1. The van der Waals surface area contributed by atoms with Gasteiger partial charge in [-0.2, -0.15) is 0 Å². The summed E-state index contributed by atoms with van der Waals surface area (Å²) in [6.45, 7) is 9.16. The van der Waals surface area contributed by atoms with Crippen LogP contribution < -0.4 is 5.32 Å². The molecule has 1 aromatic carbocycles. The van der Waals surface area contributed by atoms with E-state index in [-0.39, 0.29) is 0 Å². The van der Waals surface area contributed by atoms with Gasteiger partial charge in [-0.3, -0.25) is 0 Å². The van der Waals surface area contributed by atoms with E-state index in [0.29, 0.717) is 6.04 Å². The van der Waals surface area contributed by atoms with Gasteiger partial charge in [-0.25, -0.2) is 0 Å². The maximum Gasteiger partial charge on any atom is 0.0294 e. The lowest BCUT2D eigenvalue weighted by Crippen LogP contribution is -2.41. The minimum Gasteiger partial charge on any atom is -0.307 e. The molecule has 18 heavy (non-hydrogen) atoms. The minimum absolute atomic E-state index is 0.482. The summed E-state index contributed by atoms with van der Waals surface area (Å²) in [7, 11) is 0. The Balaban J connectivity index is 1.88. The van der Waals surface area contributed by atoms with Gasteiger partial charge in [-0.15, -0.1) is 0 Å². The van der Waals surface area contributed by atoms with Crippen molar-refractivity contribution in [3.8, 4) is 0 Å². The molecule has 1 unspecified atom stereocenters. The molecule has 0 saturated heterocycles. The molecule has 1 nitrogen and oxygen atoms in total. The summed E-state index contributed by atoms with van der Waals surface area (Å²) in [6, 6.07) is 10.4. The third kappa shape index (κ3) is 3.58. The van der Waals surface area contributed by atoms with E-state index in [2.05, 4.69) is 57.3 Å². The Morgan fingerprint density at radius 3 is 2.22 bits per heavy atom. The Labute approximate surface area is 112 Å². The molecule has 1 aliphatic carbocycles. The van der Waals surface area contributed by atoms with Crippen LogP contribution in [0.3, 0.4) is 0 Å². The third-order valence-electron chi connectivity index (χ3n) is 3.98. The fourth-order valence-electron chi connectivity index (χ4n) is 2.90. The molecule has 1 aliphatic rings. The van der Waals surface area contributed by atoms with Gasteiger partial charge in [0.05, 0.1) is 0 Å². The van der Waals surface area contributed by atoms with Crippen molar-refractivity contribution in [3.63, 3.8) is 0 Å². The molecule has 1 atom stereocenters. The number of benzene rings is 1. The number of hydrogen-bond donors (Lipinski definition) is 1. The van der Waals surface area contributed by atoms with Crippen LogP contribution in [-0.2, 0) is 6.42 Å². The van der Waals surface area contributed by atoms with Crippen LogP contribution in [0.5, 0.6) is 0 Å². The van der Waals surface area contributed by atoms with Crippen molar-refractivity contribution in [3.05, 3.63) is 35.4 Å². The van der Waals surface area contributed by atoms with E-state index >= 15 is 0 Å². The number of rotatable bonds is 5. The van der Waals surface area contributed by atoms with Crippen molar-refractivity contribution in [1.29, 1.82) is 0 Å². The van der Waals surface area contributed by atoms with Crippen LogP contribution in [0.25, 0.3) is 0 Å². The Morgan fingerprint density at radius 1 is 1.11 bits per heavy atom. The highest BCUT2D eigenvalue weighted by atomic mass is 15.0. The molecule has 0 heterocycles. The Hall–Kier alpha value is -0.820. The van der Waals surface area contributed by atoms with E-state index < -0.39 is 0 Å². The number of hydrogen-bond acceptors (Lipinski definition) is 1. The fourth-order valence-corrected chi connectivity index (χ4v) is 2.90. The van der Waals surface area contributed by atoms with Crippen LogP contribution >= 0.6 is 0 Å². The quantitative estimate of drug-likeness (QED) is 0.814. The molecule has 1 fully saturated rings. The minimum atomic E-state index is 0.482.